The van der Waals surface area contributed by atoms with Crippen LogP contribution in [0.3, 0.4) is 0 Å². The first kappa shape index (κ1) is 11.2. The molecule has 1 fully saturated rings. The van der Waals surface area contributed by atoms with Crippen LogP contribution in [0.25, 0.3) is 11.0 Å². The van der Waals surface area contributed by atoms with Crippen molar-refractivity contribution in [3.05, 3.63) is 24.3 Å². The molecule has 1 atom stereocenters. The topological polar surface area (TPSA) is 57.9 Å². The van der Waals surface area contributed by atoms with Gasteiger partial charge in [-0.15, -0.1) is 12.4 Å². The zero-order valence-corrected chi connectivity index (χ0v) is 9.70. The van der Waals surface area contributed by atoms with E-state index in [1.54, 1.807) is 0 Å². The Morgan fingerprint density at radius 2 is 2.19 bits per heavy atom. The number of fused-ring (bicyclic) bond motifs is 1. The van der Waals surface area contributed by atoms with Gasteiger partial charge in [0.2, 0.25) is 5.95 Å². The number of imidazole rings is 1. The summed E-state index contributed by atoms with van der Waals surface area (Å²) in [6, 6.07) is 8.37. The lowest BCUT2D eigenvalue weighted by atomic mass is 10.3. The molecule has 3 N–H and O–H groups in total. The average molecular weight is 239 g/mol. The van der Waals surface area contributed by atoms with Crippen LogP contribution in [-0.4, -0.2) is 29.1 Å². The largest absolute Gasteiger partial charge is 0.341 e. The first-order valence-corrected chi connectivity index (χ1v) is 5.28. The van der Waals surface area contributed by atoms with E-state index < -0.39 is 0 Å². The molecule has 1 aromatic heterocycles. The van der Waals surface area contributed by atoms with Crippen LogP contribution in [0.2, 0.25) is 0 Å². The smallest absolute Gasteiger partial charge is 0.203 e. The van der Waals surface area contributed by atoms with Crippen molar-refractivity contribution in [1.29, 1.82) is 0 Å². The highest BCUT2D eigenvalue weighted by Crippen LogP contribution is 2.20. The second-order valence-corrected chi connectivity index (χ2v) is 4.07. The highest BCUT2D eigenvalue weighted by Gasteiger charge is 2.21. The van der Waals surface area contributed by atoms with E-state index in [1.165, 1.54) is 0 Å². The van der Waals surface area contributed by atoms with Crippen LogP contribution >= 0.6 is 12.4 Å². The van der Waals surface area contributed by atoms with Gasteiger partial charge in [-0.3, -0.25) is 0 Å². The molecule has 3 rings (SSSR count). The Bertz CT molecular complexity index is 449. The Labute approximate surface area is 100 Å². The third-order valence-electron chi connectivity index (χ3n) is 2.90. The molecule has 5 heteroatoms. The Balaban J connectivity index is 0.000000963. The van der Waals surface area contributed by atoms with Gasteiger partial charge in [0.1, 0.15) is 0 Å². The molecule has 0 bridgehead atoms. The van der Waals surface area contributed by atoms with E-state index in [1.807, 2.05) is 24.3 Å². The normalized spacial score (nSPS) is 20.1. The number of nitrogens with one attached hydrogen (secondary N) is 1. The molecule has 0 amide bonds. The quantitative estimate of drug-likeness (QED) is 0.792. The van der Waals surface area contributed by atoms with Crippen molar-refractivity contribution in [3.63, 3.8) is 0 Å². The first-order chi connectivity index (χ1) is 7.33. The molecule has 1 aliphatic heterocycles. The molecule has 1 aliphatic rings. The van der Waals surface area contributed by atoms with Crippen molar-refractivity contribution in [1.82, 2.24) is 9.97 Å². The molecule has 0 saturated carbocycles. The number of anilines is 1. The van der Waals surface area contributed by atoms with E-state index >= 15 is 0 Å². The summed E-state index contributed by atoms with van der Waals surface area (Å²) in [5.41, 5.74) is 7.99. The van der Waals surface area contributed by atoms with Gasteiger partial charge in [0.05, 0.1) is 11.0 Å². The summed E-state index contributed by atoms with van der Waals surface area (Å²) in [5.74, 6) is 0.948. The lowest BCUT2D eigenvalue weighted by Crippen LogP contribution is -2.26. The summed E-state index contributed by atoms with van der Waals surface area (Å²) < 4.78 is 0. The van der Waals surface area contributed by atoms with E-state index in [-0.39, 0.29) is 12.4 Å². The fourth-order valence-electron chi connectivity index (χ4n) is 2.07. The number of H-pyrrole nitrogens is 1. The van der Waals surface area contributed by atoms with E-state index in [4.69, 9.17) is 5.73 Å². The maximum absolute atomic E-state index is 5.87. The predicted molar refractivity (Wildman–Crippen MR) is 68.1 cm³/mol. The SMILES string of the molecule is Cl.NC1CCN(c2nc3ccccc3[nH]2)C1. The zero-order chi connectivity index (χ0) is 10.3. The van der Waals surface area contributed by atoms with Gasteiger partial charge in [0, 0.05) is 19.1 Å². The summed E-state index contributed by atoms with van der Waals surface area (Å²) in [6.07, 6.45) is 1.05. The highest BCUT2D eigenvalue weighted by atomic mass is 35.5. The van der Waals surface area contributed by atoms with Crippen LogP contribution < -0.4 is 10.6 Å². The van der Waals surface area contributed by atoms with Crippen LogP contribution in [0, 0.1) is 0 Å². The Kier molecular flexibility index (Phi) is 3.03. The van der Waals surface area contributed by atoms with E-state index in [0.717, 1.165) is 36.5 Å². The van der Waals surface area contributed by atoms with Crippen LogP contribution in [-0.2, 0) is 0 Å². The van der Waals surface area contributed by atoms with Crippen molar-refractivity contribution in [2.75, 3.05) is 18.0 Å². The summed E-state index contributed by atoms with van der Waals surface area (Å²) in [4.78, 5) is 10.1. The van der Waals surface area contributed by atoms with Crippen molar-refractivity contribution in [2.45, 2.75) is 12.5 Å². The van der Waals surface area contributed by atoms with Crippen molar-refractivity contribution < 1.29 is 0 Å². The van der Waals surface area contributed by atoms with Crippen molar-refractivity contribution in [3.8, 4) is 0 Å². The molecule has 4 nitrogen and oxygen atoms in total. The van der Waals surface area contributed by atoms with Gasteiger partial charge in [-0.25, -0.2) is 4.98 Å². The predicted octanol–water partition coefficient (Wildman–Crippen LogP) is 1.52. The fraction of sp³-hybridized carbons (Fsp3) is 0.364. The number of halogens is 1. The van der Waals surface area contributed by atoms with E-state index in [0.29, 0.717) is 6.04 Å². The average Bonchev–Trinajstić information content (AvgIpc) is 2.82. The molecule has 86 valence electrons. The number of nitrogens with two attached hydrogens (primary N) is 1. The van der Waals surface area contributed by atoms with Gasteiger partial charge in [-0.05, 0) is 18.6 Å². The molecule has 0 spiro atoms. The molecule has 0 radical (unpaired) electrons. The maximum Gasteiger partial charge on any atom is 0.203 e. The molecule has 0 aliphatic carbocycles. The zero-order valence-electron chi connectivity index (χ0n) is 8.89. The number of hydrogen-bond donors (Lipinski definition) is 2. The minimum atomic E-state index is 0. The first-order valence-electron chi connectivity index (χ1n) is 5.28. The summed E-state index contributed by atoms with van der Waals surface area (Å²) in [7, 11) is 0. The third-order valence-corrected chi connectivity index (χ3v) is 2.90. The summed E-state index contributed by atoms with van der Waals surface area (Å²) >= 11 is 0. The van der Waals surface area contributed by atoms with Crippen molar-refractivity contribution in [2.24, 2.45) is 5.73 Å². The molecular formula is C11H15ClN4. The molecule has 2 heterocycles. The van der Waals surface area contributed by atoms with Crippen LogP contribution in [0.4, 0.5) is 5.95 Å². The van der Waals surface area contributed by atoms with Gasteiger partial charge in [-0.2, -0.15) is 0 Å². The number of rotatable bonds is 1. The fourth-order valence-corrected chi connectivity index (χ4v) is 2.07. The lowest BCUT2D eigenvalue weighted by Gasteiger charge is -2.13. The summed E-state index contributed by atoms with van der Waals surface area (Å²) in [5, 5.41) is 0. The van der Waals surface area contributed by atoms with Gasteiger partial charge >= 0.3 is 0 Å². The lowest BCUT2D eigenvalue weighted by molar-refractivity contribution is 0.751. The number of aromatic nitrogens is 2. The second-order valence-electron chi connectivity index (χ2n) is 4.07. The van der Waals surface area contributed by atoms with Gasteiger partial charge in [-0.1, -0.05) is 12.1 Å². The molecule has 16 heavy (non-hydrogen) atoms. The number of benzene rings is 1. The van der Waals surface area contributed by atoms with Gasteiger partial charge in [0.15, 0.2) is 0 Å². The van der Waals surface area contributed by atoms with Crippen molar-refractivity contribution >= 4 is 29.4 Å². The van der Waals surface area contributed by atoms with Crippen LogP contribution in [0.5, 0.6) is 0 Å². The standard InChI is InChI=1S/C11H14N4.ClH/c12-8-5-6-15(7-8)11-13-9-3-1-2-4-10(9)14-11;/h1-4,8H,5-7,12H2,(H,13,14);1H. The van der Waals surface area contributed by atoms with Crippen LogP contribution in [0.1, 0.15) is 6.42 Å². The minimum Gasteiger partial charge on any atom is -0.341 e. The molecule has 1 aromatic carbocycles. The number of para-hydroxylation sites is 2. The Hall–Kier alpha value is -1.26. The number of hydrogen-bond acceptors (Lipinski definition) is 3. The maximum atomic E-state index is 5.87. The highest BCUT2D eigenvalue weighted by molar-refractivity contribution is 5.85. The minimum absolute atomic E-state index is 0. The Morgan fingerprint density at radius 1 is 1.38 bits per heavy atom. The number of nitrogens with zero attached hydrogens (tertiary/aromatic N) is 2. The molecule has 1 unspecified atom stereocenters. The van der Waals surface area contributed by atoms with E-state index in [9.17, 15) is 0 Å². The van der Waals surface area contributed by atoms with Gasteiger partial charge < -0.3 is 15.6 Å². The monoisotopic (exact) mass is 238 g/mol. The third kappa shape index (κ3) is 1.86. The van der Waals surface area contributed by atoms with Crippen LogP contribution in [0.15, 0.2) is 24.3 Å². The number of aromatic amines is 1. The molecule has 1 saturated heterocycles. The Morgan fingerprint density at radius 3 is 2.88 bits per heavy atom. The molecule has 2 aromatic rings. The van der Waals surface area contributed by atoms with Gasteiger partial charge in [0.25, 0.3) is 0 Å². The summed E-state index contributed by atoms with van der Waals surface area (Å²) in [6.45, 7) is 1.90. The van der Waals surface area contributed by atoms with E-state index in [2.05, 4.69) is 14.9 Å². The second kappa shape index (κ2) is 4.31. The molecular weight excluding hydrogens is 224 g/mol.